The van der Waals surface area contributed by atoms with Crippen LogP contribution in [0.3, 0.4) is 0 Å². The highest BCUT2D eigenvalue weighted by Gasteiger charge is 1.75. The Morgan fingerprint density at radius 3 is 1.50 bits per heavy atom. The molecular weight excluding hydrogens is 158 g/mol. The summed E-state index contributed by atoms with van der Waals surface area (Å²) in [6.07, 6.45) is 0. The Labute approximate surface area is 75.5 Å². The van der Waals surface area contributed by atoms with Crippen LogP contribution in [0.4, 0.5) is 0 Å². The SMILES string of the molecule is C.C=NOC.CC.COC(C)=O. The molecule has 0 atom stereocenters. The normalized spacial score (nSPS) is 5.08. The van der Waals surface area contributed by atoms with Gasteiger partial charge in [-0.15, -0.1) is 5.16 Å². The Kier molecular flexibility index (Phi) is 60.9. The van der Waals surface area contributed by atoms with Crippen LogP contribution in [0.25, 0.3) is 0 Å². The topological polar surface area (TPSA) is 47.9 Å². The van der Waals surface area contributed by atoms with Crippen LogP contribution in [-0.2, 0) is 14.4 Å². The van der Waals surface area contributed by atoms with Gasteiger partial charge in [0, 0.05) is 13.6 Å². The van der Waals surface area contributed by atoms with E-state index >= 15 is 0 Å². The van der Waals surface area contributed by atoms with Crippen molar-refractivity contribution in [3.8, 4) is 0 Å². The van der Waals surface area contributed by atoms with Gasteiger partial charge in [0.25, 0.3) is 0 Å². The summed E-state index contributed by atoms with van der Waals surface area (Å²) in [6, 6.07) is 0. The number of carbonyl (C=O) groups excluding carboxylic acids is 1. The lowest BCUT2D eigenvalue weighted by atomic mass is 10.8. The van der Waals surface area contributed by atoms with Crippen LogP contribution >= 0.6 is 0 Å². The summed E-state index contributed by atoms with van der Waals surface area (Å²) in [5, 5.41) is 2.99. The second-order valence-electron chi connectivity index (χ2n) is 1.01. The van der Waals surface area contributed by atoms with E-state index in [-0.39, 0.29) is 13.4 Å². The minimum atomic E-state index is -0.245. The maximum atomic E-state index is 9.59. The Hall–Kier alpha value is -1.06. The van der Waals surface area contributed by atoms with Crippen LogP contribution in [0.1, 0.15) is 28.2 Å². The van der Waals surface area contributed by atoms with E-state index in [0.717, 1.165) is 0 Å². The minimum Gasteiger partial charge on any atom is -0.469 e. The van der Waals surface area contributed by atoms with Gasteiger partial charge in [0.05, 0.1) is 7.11 Å². The molecule has 0 aromatic heterocycles. The quantitative estimate of drug-likeness (QED) is 0.352. The maximum absolute atomic E-state index is 9.59. The highest BCUT2D eigenvalue weighted by atomic mass is 16.6. The predicted molar refractivity (Wildman–Crippen MR) is 52.3 cm³/mol. The Morgan fingerprint density at radius 1 is 1.33 bits per heavy atom. The fraction of sp³-hybridized carbons (Fsp3) is 0.750. The summed E-state index contributed by atoms with van der Waals surface area (Å²) in [7, 11) is 2.80. The third kappa shape index (κ3) is 150. The molecule has 0 spiro atoms. The first-order chi connectivity index (χ1) is 5.18. The zero-order chi connectivity index (χ0) is 9.70. The molecule has 0 N–H and O–H groups in total. The number of ether oxygens (including phenoxy) is 1. The molecule has 76 valence electrons. The average Bonchev–Trinajstić information content (AvgIpc) is 2.08. The number of hydrogen-bond acceptors (Lipinski definition) is 4. The predicted octanol–water partition coefficient (Wildman–Crippen LogP) is 2.09. The number of rotatable bonds is 1. The van der Waals surface area contributed by atoms with E-state index < -0.39 is 0 Å². The molecule has 0 heterocycles. The second kappa shape index (κ2) is 32.6. The summed E-state index contributed by atoms with van der Waals surface area (Å²) in [5.74, 6) is -0.245. The molecule has 0 unspecified atom stereocenters. The van der Waals surface area contributed by atoms with Gasteiger partial charge >= 0.3 is 5.97 Å². The van der Waals surface area contributed by atoms with Crippen molar-refractivity contribution in [2.45, 2.75) is 28.2 Å². The summed E-state index contributed by atoms with van der Waals surface area (Å²) in [5.41, 5.74) is 0. The number of esters is 1. The van der Waals surface area contributed by atoms with Crippen LogP contribution in [0.2, 0.25) is 0 Å². The van der Waals surface area contributed by atoms with Crippen LogP contribution < -0.4 is 0 Å². The van der Waals surface area contributed by atoms with Gasteiger partial charge in [0.2, 0.25) is 0 Å². The smallest absolute Gasteiger partial charge is 0.302 e. The number of hydrogen-bond donors (Lipinski definition) is 0. The van der Waals surface area contributed by atoms with Gasteiger partial charge in [-0.1, -0.05) is 21.3 Å². The summed E-state index contributed by atoms with van der Waals surface area (Å²) >= 11 is 0. The molecule has 0 aliphatic rings. The molecule has 0 amide bonds. The van der Waals surface area contributed by atoms with Crippen LogP contribution in [-0.4, -0.2) is 26.9 Å². The Balaban J connectivity index is -0.0000000419. The van der Waals surface area contributed by atoms with E-state index in [1.54, 1.807) is 0 Å². The first kappa shape index (κ1) is 22.4. The molecule has 12 heavy (non-hydrogen) atoms. The van der Waals surface area contributed by atoms with Crippen molar-refractivity contribution in [2.24, 2.45) is 5.16 Å². The van der Waals surface area contributed by atoms with Crippen LogP contribution in [0.15, 0.2) is 5.16 Å². The maximum Gasteiger partial charge on any atom is 0.302 e. The van der Waals surface area contributed by atoms with Gasteiger partial charge < -0.3 is 9.57 Å². The van der Waals surface area contributed by atoms with E-state index in [9.17, 15) is 4.79 Å². The number of nitrogens with zero attached hydrogens (tertiary/aromatic N) is 1. The summed E-state index contributed by atoms with van der Waals surface area (Å²) < 4.78 is 4.11. The van der Waals surface area contributed by atoms with Gasteiger partial charge in [-0.2, -0.15) is 0 Å². The first-order valence-corrected chi connectivity index (χ1v) is 3.22. The van der Waals surface area contributed by atoms with Gasteiger partial charge in [0.15, 0.2) is 0 Å². The minimum absolute atomic E-state index is 0. The molecule has 0 radical (unpaired) electrons. The number of methoxy groups -OCH3 is 1. The molecular formula is C8H21NO3. The molecule has 0 rings (SSSR count). The monoisotopic (exact) mass is 179 g/mol. The fourth-order valence-corrected chi connectivity index (χ4v) is 0. The standard InChI is InChI=1S/C3H6O2.C2H5NO.C2H6.CH4/c1-3(4)5-2;1-3-4-2;1-2;/h1-2H3;1H2,2H3;1-2H3;1H4. The van der Waals surface area contributed by atoms with Crippen molar-refractivity contribution in [3.63, 3.8) is 0 Å². The molecule has 0 aliphatic carbocycles. The van der Waals surface area contributed by atoms with Crippen molar-refractivity contribution >= 4 is 12.7 Å². The molecule has 0 saturated heterocycles. The Bertz CT molecular complexity index is 84.4. The van der Waals surface area contributed by atoms with Gasteiger partial charge in [-0.05, 0) is 0 Å². The molecule has 0 saturated carbocycles. The lowest BCUT2D eigenvalue weighted by Crippen LogP contribution is -1.88. The second-order valence-corrected chi connectivity index (χ2v) is 1.01. The van der Waals surface area contributed by atoms with E-state index in [4.69, 9.17) is 0 Å². The van der Waals surface area contributed by atoms with Crippen molar-refractivity contribution in [1.29, 1.82) is 0 Å². The van der Waals surface area contributed by atoms with Crippen LogP contribution in [0.5, 0.6) is 0 Å². The number of carbonyl (C=O) groups is 1. The van der Waals surface area contributed by atoms with Crippen molar-refractivity contribution < 1.29 is 14.4 Å². The lowest BCUT2D eigenvalue weighted by molar-refractivity contribution is -0.137. The van der Waals surface area contributed by atoms with Gasteiger partial charge in [-0.25, -0.2) is 0 Å². The molecule has 0 bridgehead atoms. The highest BCUT2D eigenvalue weighted by molar-refractivity contribution is 5.65. The third-order valence-electron chi connectivity index (χ3n) is 0.417. The zero-order valence-electron chi connectivity index (χ0n) is 7.88. The highest BCUT2D eigenvalue weighted by Crippen LogP contribution is 1.60. The molecule has 4 heteroatoms. The number of oxime groups is 1. The van der Waals surface area contributed by atoms with Gasteiger partial charge in [0.1, 0.15) is 7.11 Å². The molecule has 0 aromatic carbocycles. The first-order valence-electron chi connectivity index (χ1n) is 3.22. The van der Waals surface area contributed by atoms with Gasteiger partial charge in [-0.3, -0.25) is 4.79 Å². The molecule has 0 fully saturated rings. The lowest BCUT2D eigenvalue weighted by Gasteiger charge is -1.80. The van der Waals surface area contributed by atoms with E-state index in [0.29, 0.717) is 0 Å². The van der Waals surface area contributed by atoms with Crippen molar-refractivity contribution in [3.05, 3.63) is 0 Å². The summed E-state index contributed by atoms with van der Waals surface area (Å²) in [4.78, 5) is 13.6. The average molecular weight is 179 g/mol. The zero-order valence-corrected chi connectivity index (χ0v) is 7.88. The van der Waals surface area contributed by atoms with E-state index in [1.807, 2.05) is 13.8 Å². The fourth-order valence-electron chi connectivity index (χ4n) is 0. The molecule has 0 aromatic rings. The van der Waals surface area contributed by atoms with E-state index in [2.05, 4.69) is 21.4 Å². The van der Waals surface area contributed by atoms with Crippen LogP contribution in [0, 0.1) is 0 Å². The Morgan fingerprint density at radius 2 is 1.50 bits per heavy atom. The molecule has 0 aliphatic heterocycles. The summed E-state index contributed by atoms with van der Waals surface area (Å²) in [6.45, 7) is 8.37. The van der Waals surface area contributed by atoms with Crippen molar-refractivity contribution in [1.82, 2.24) is 0 Å². The van der Waals surface area contributed by atoms with Crippen molar-refractivity contribution in [2.75, 3.05) is 14.2 Å². The molecule has 4 nitrogen and oxygen atoms in total. The largest absolute Gasteiger partial charge is 0.469 e. The third-order valence-corrected chi connectivity index (χ3v) is 0.417. The van der Waals surface area contributed by atoms with E-state index in [1.165, 1.54) is 21.1 Å².